The van der Waals surface area contributed by atoms with Gasteiger partial charge >= 0.3 is 0 Å². The fourth-order valence-corrected chi connectivity index (χ4v) is 2.19. The van der Waals surface area contributed by atoms with E-state index in [4.69, 9.17) is 17.4 Å². The highest BCUT2D eigenvalue weighted by Gasteiger charge is 2.07. The SMILES string of the molecule is NNc1c2ccccc2nc2ccc(Cl)cc12. The third kappa shape index (κ3) is 1.60. The quantitative estimate of drug-likeness (QED) is 0.392. The van der Waals surface area contributed by atoms with Gasteiger partial charge in [0.2, 0.25) is 0 Å². The first-order chi connectivity index (χ1) is 8.29. The fraction of sp³-hybridized carbons (Fsp3) is 0. The third-order valence-electron chi connectivity index (χ3n) is 2.79. The minimum absolute atomic E-state index is 0.672. The molecule has 3 N–H and O–H groups in total. The molecule has 3 nitrogen and oxygen atoms in total. The highest BCUT2D eigenvalue weighted by Crippen LogP contribution is 2.31. The summed E-state index contributed by atoms with van der Waals surface area (Å²) in [5, 5.41) is 2.59. The summed E-state index contributed by atoms with van der Waals surface area (Å²) in [7, 11) is 0. The average molecular weight is 244 g/mol. The maximum Gasteiger partial charge on any atom is 0.0732 e. The topological polar surface area (TPSA) is 50.9 Å². The Labute approximate surface area is 103 Å². The Balaban J connectivity index is 2.54. The Morgan fingerprint density at radius 3 is 2.59 bits per heavy atom. The van der Waals surface area contributed by atoms with Crippen LogP contribution in [0.15, 0.2) is 42.5 Å². The lowest BCUT2D eigenvalue weighted by Gasteiger charge is -2.09. The number of para-hydroxylation sites is 1. The second-order valence-electron chi connectivity index (χ2n) is 3.81. The molecule has 84 valence electrons. The molecule has 0 fully saturated rings. The molecule has 1 heterocycles. The molecule has 4 heteroatoms. The second-order valence-corrected chi connectivity index (χ2v) is 4.25. The first-order valence-electron chi connectivity index (χ1n) is 5.24. The van der Waals surface area contributed by atoms with Gasteiger partial charge in [-0.3, -0.25) is 5.84 Å². The van der Waals surface area contributed by atoms with E-state index in [9.17, 15) is 0 Å². The van der Waals surface area contributed by atoms with Crippen molar-refractivity contribution in [2.24, 2.45) is 5.84 Å². The van der Waals surface area contributed by atoms with Gasteiger partial charge in [0.15, 0.2) is 0 Å². The summed E-state index contributed by atoms with van der Waals surface area (Å²) < 4.78 is 0. The predicted octanol–water partition coefficient (Wildman–Crippen LogP) is 3.33. The number of anilines is 1. The maximum atomic E-state index is 6.00. The standard InChI is InChI=1S/C13H10ClN3/c14-8-5-6-12-10(7-8)13(17-15)9-3-1-2-4-11(9)16-12/h1-7H,15H2,(H,16,17). The maximum absolute atomic E-state index is 6.00. The Morgan fingerprint density at radius 2 is 1.76 bits per heavy atom. The van der Waals surface area contributed by atoms with Crippen LogP contribution in [-0.2, 0) is 0 Å². The molecule has 1 aromatic heterocycles. The molecule has 0 aliphatic rings. The van der Waals surface area contributed by atoms with Gasteiger partial charge in [0.25, 0.3) is 0 Å². The smallest absolute Gasteiger partial charge is 0.0732 e. The average Bonchev–Trinajstić information content (AvgIpc) is 2.36. The number of hydrazine groups is 1. The molecule has 0 saturated carbocycles. The largest absolute Gasteiger partial charge is 0.323 e. The van der Waals surface area contributed by atoms with Crippen LogP contribution < -0.4 is 11.3 Å². The fourth-order valence-electron chi connectivity index (χ4n) is 2.02. The Bertz CT molecular complexity index is 709. The lowest BCUT2D eigenvalue weighted by molar-refractivity contribution is 1.37. The molecule has 3 rings (SSSR count). The molecule has 0 aliphatic heterocycles. The van der Waals surface area contributed by atoms with E-state index in [1.807, 2.05) is 42.5 Å². The van der Waals surface area contributed by atoms with E-state index in [1.165, 1.54) is 0 Å². The van der Waals surface area contributed by atoms with Crippen molar-refractivity contribution < 1.29 is 0 Å². The van der Waals surface area contributed by atoms with Crippen LogP contribution in [0.5, 0.6) is 0 Å². The summed E-state index contributed by atoms with van der Waals surface area (Å²) in [6.07, 6.45) is 0. The van der Waals surface area contributed by atoms with Crippen LogP contribution in [0.3, 0.4) is 0 Å². The number of hydrogen-bond donors (Lipinski definition) is 2. The molecule has 3 aromatic rings. The first kappa shape index (κ1) is 10.3. The van der Waals surface area contributed by atoms with Gasteiger partial charge in [-0.05, 0) is 24.3 Å². The molecule has 0 saturated heterocycles. The summed E-state index contributed by atoms with van der Waals surface area (Å²) in [5.74, 6) is 5.61. The van der Waals surface area contributed by atoms with Gasteiger partial charge in [-0.25, -0.2) is 4.98 Å². The van der Waals surface area contributed by atoms with Crippen molar-refractivity contribution in [3.8, 4) is 0 Å². The molecular weight excluding hydrogens is 234 g/mol. The number of nitrogens with zero attached hydrogens (tertiary/aromatic N) is 1. The van der Waals surface area contributed by atoms with E-state index in [0.717, 1.165) is 27.5 Å². The summed E-state index contributed by atoms with van der Waals surface area (Å²) >= 11 is 6.00. The van der Waals surface area contributed by atoms with E-state index in [0.29, 0.717) is 5.02 Å². The normalized spacial score (nSPS) is 10.9. The first-order valence-corrected chi connectivity index (χ1v) is 5.62. The third-order valence-corrected chi connectivity index (χ3v) is 3.02. The molecular formula is C13H10ClN3. The summed E-state index contributed by atoms with van der Waals surface area (Å²) in [4.78, 5) is 4.57. The minimum Gasteiger partial charge on any atom is -0.323 e. The van der Waals surface area contributed by atoms with E-state index in [-0.39, 0.29) is 0 Å². The highest BCUT2D eigenvalue weighted by molar-refractivity contribution is 6.31. The zero-order valence-electron chi connectivity index (χ0n) is 8.94. The van der Waals surface area contributed by atoms with Crippen LogP contribution in [0.25, 0.3) is 21.8 Å². The number of nitrogens with two attached hydrogens (primary N) is 1. The number of nitrogen functional groups attached to an aromatic ring is 1. The molecule has 0 aliphatic carbocycles. The van der Waals surface area contributed by atoms with Gasteiger partial charge in [-0.1, -0.05) is 29.8 Å². The molecule has 0 radical (unpaired) electrons. The van der Waals surface area contributed by atoms with E-state index in [2.05, 4.69) is 10.4 Å². The van der Waals surface area contributed by atoms with Crippen LogP contribution in [0.1, 0.15) is 0 Å². The highest BCUT2D eigenvalue weighted by atomic mass is 35.5. The lowest BCUT2D eigenvalue weighted by Crippen LogP contribution is -2.08. The van der Waals surface area contributed by atoms with Crippen molar-refractivity contribution in [3.63, 3.8) is 0 Å². The molecule has 2 aromatic carbocycles. The van der Waals surface area contributed by atoms with E-state index < -0.39 is 0 Å². The number of rotatable bonds is 1. The molecule has 0 bridgehead atoms. The van der Waals surface area contributed by atoms with Crippen molar-refractivity contribution >= 4 is 39.1 Å². The Morgan fingerprint density at radius 1 is 1.00 bits per heavy atom. The zero-order valence-corrected chi connectivity index (χ0v) is 9.70. The van der Waals surface area contributed by atoms with E-state index in [1.54, 1.807) is 0 Å². The molecule has 0 amide bonds. The molecule has 0 unspecified atom stereocenters. The van der Waals surface area contributed by atoms with Crippen molar-refractivity contribution in [3.05, 3.63) is 47.5 Å². The molecule has 0 spiro atoms. The Kier molecular flexibility index (Phi) is 2.35. The lowest BCUT2D eigenvalue weighted by atomic mass is 10.1. The summed E-state index contributed by atoms with van der Waals surface area (Å²) in [6.45, 7) is 0. The van der Waals surface area contributed by atoms with Crippen LogP contribution in [0.2, 0.25) is 5.02 Å². The second kappa shape index (κ2) is 3.87. The van der Waals surface area contributed by atoms with Crippen LogP contribution in [0, 0.1) is 0 Å². The van der Waals surface area contributed by atoms with Gasteiger partial charge in [0, 0.05) is 15.8 Å². The summed E-state index contributed by atoms with van der Waals surface area (Å²) in [5.41, 5.74) is 5.38. The van der Waals surface area contributed by atoms with Gasteiger partial charge in [0.1, 0.15) is 0 Å². The number of benzene rings is 2. The number of hydrogen-bond acceptors (Lipinski definition) is 3. The zero-order chi connectivity index (χ0) is 11.8. The van der Waals surface area contributed by atoms with Gasteiger partial charge < -0.3 is 5.43 Å². The number of halogens is 1. The molecule has 17 heavy (non-hydrogen) atoms. The van der Waals surface area contributed by atoms with Crippen molar-refractivity contribution in [2.75, 3.05) is 5.43 Å². The predicted molar refractivity (Wildman–Crippen MR) is 72.1 cm³/mol. The van der Waals surface area contributed by atoms with Gasteiger partial charge in [-0.2, -0.15) is 0 Å². The van der Waals surface area contributed by atoms with Crippen LogP contribution in [0.4, 0.5) is 5.69 Å². The number of nitrogens with one attached hydrogen (secondary N) is 1. The number of fused-ring (bicyclic) bond motifs is 2. The monoisotopic (exact) mass is 243 g/mol. The van der Waals surface area contributed by atoms with Crippen LogP contribution >= 0.6 is 11.6 Å². The van der Waals surface area contributed by atoms with Gasteiger partial charge in [-0.15, -0.1) is 0 Å². The van der Waals surface area contributed by atoms with Gasteiger partial charge in [0.05, 0.1) is 16.7 Å². The van der Waals surface area contributed by atoms with Crippen molar-refractivity contribution in [1.29, 1.82) is 0 Å². The van der Waals surface area contributed by atoms with Crippen molar-refractivity contribution in [2.45, 2.75) is 0 Å². The summed E-state index contributed by atoms with van der Waals surface area (Å²) in [6, 6.07) is 13.4. The van der Waals surface area contributed by atoms with E-state index >= 15 is 0 Å². The number of pyridine rings is 1. The minimum atomic E-state index is 0.672. The van der Waals surface area contributed by atoms with Crippen molar-refractivity contribution in [1.82, 2.24) is 4.98 Å². The number of aromatic nitrogens is 1. The molecule has 0 atom stereocenters. The van der Waals surface area contributed by atoms with Crippen LogP contribution in [-0.4, -0.2) is 4.98 Å². The Hall–Kier alpha value is -1.84.